The van der Waals surface area contributed by atoms with Crippen LogP contribution in [-0.2, 0) is 7.05 Å². The minimum atomic E-state index is -0.323. The highest BCUT2D eigenvalue weighted by molar-refractivity contribution is 9.10. The Morgan fingerprint density at radius 2 is 2.15 bits per heavy atom. The van der Waals surface area contributed by atoms with Crippen molar-refractivity contribution in [1.29, 1.82) is 0 Å². The molecule has 0 saturated carbocycles. The fraction of sp³-hybridized carbons (Fsp3) is 0.222. The van der Waals surface area contributed by atoms with Crippen molar-refractivity contribution in [2.75, 3.05) is 0 Å². The first kappa shape index (κ1) is 8.56. The number of rotatable bonds is 0. The Morgan fingerprint density at radius 3 is 2.85 bits per heavy atom. The van der Waals surface area contributed by atoms with Crippen molar-refractivity contribution in [3.05, 3.63) is 32.7 Å². The monoisotopic (exact) mass is 241 g/mol. The lowest BCUT2D eigenvalue weighted by Crippen LogP contribution is -2.08. The van der Waals surface area contributed by atoms with E-state index in [9.17, 15) is 4.79 Å². The van der Waals surface area contributed by atoms with Crippen molar-refractivity contribution in [1.82, 2.24) is 4.57 Å². The fourth-order valence-electron chi connectivity index (χ4n) is 1.30. The maximum absolute atomic E-state index is 11.2. The van der Waals surface area contributed by atoms with E-state index in [0.29, 0.717) is 5.58 Å². The zero-order chi connectivity index (χ0) is 9.59. The molecule has 2 rings (SSSR count). The Bertz CT molecular complexity index is 524. The molecule has 0 radical (unpaired) electrons. The van der Waals surface area contributed by atoms with Gasteiger partial charge in [-0.1, -0.05) is 15.9 Å². The SMILES string of the molecule is Cc1c(Br)ccc2c1oc(=O)n2C. The number of aromatic nitrogens is 1. The molecule has 0 aliphatic heterocycles. The second kappa shape index (κ2) is 2.73. The minimum Gasteiger partial charge on any atom is -0.407 e. The van der Waals surface area contributed by atoms with Crippen LogP contribution in [0.1, 0.15) is 5.56 Å². The summed E-state index contributed by atoms with van der Waals surface area (Å²) >= 11 is 3.38. The highest BCUT2D eigenvalue weighted by Crippen LogP contribution is 2.24. The molecule has 0 bridgehead atoms. The van der Waals surface area contributed by atoms with E-state index in [1.165, 1.54) is 4.57 Å². The summed E-state index contributed by atoms with van der Waals surface area (Å²) in [6.07, 6.45) is 0. The number of halogens is 1. The smallest absolute Gasteiger partial charge is 0.407 e. The average Bonchev–Trinajstić information content (AvgIpc) is 2.38. The van der Waals surface area contributed by atoms with E-state index >= 15 is 0 Å². The Morgan fingerprint density at radius 1 is 1.46 bits per heavy atom. The fourth-order valence-corrected chi connectivity index (χ4v) is 1.61. The molecule has 1 heterocycles. The summed E-state index contributed by atoms with van der Waals surface area (Å²) in [5.41, 5.74) is 2.43. The van der Waals surface area contributed by atoms with Gasteiger partial charge in [0.2, 0.25) is 0 Å². The van der Waals surface area contributed by atoms with Crippen LogP contribution >= 0.6 is 15.9 Å². The van der Waals surface area contributed by atoms with Crippen molar-refractivity contribution < 1.29 is 4.42 Å². The van der Waals surface area contributed by atoms with E-state index in [1.807, 2.05) is 19.1 Å². The Kier molecular flexibility index (Phi) is 1.80. The zero-order valence-corrected chi connectivity index (χ0v) is 8.88. The van der Waals surface area contributed by atoms with Crippen LogP contribution in [0, 0.1) is 6.92 Å². The van der Waals surface area contributed by atoms with Crippen LogP contribution in [0.5, 0.6) is 0 Å². The third-order valence-electron chi connectivity index (χ3n) is 2.14. The molecule has 0 atom stereocenters. The molecule has 1 aromatic heterocycles. The zero-order valence-electron chi connectivity index (χ0n) is 7.30. The van der Waals surface area contributed by atoms with Gasteiger partial charge in [0.05, 0.1) is 5.52 Å². The molecular weight excluding hydrogens is 234 g/mol. The Labute approximate surface area is 83.1 Å². The van der Waals surface area contributed by atoms with Crippen molar-refractivity contribution in [2.45, 2.75) is 6.92 Å². The van der Waals surface area contributed by atoms with Gasteiger partial charge in [-0.05, 0) is 19.1 Å². The molecule has 0 N–H and O–H groups in total. The lowest BCUT2D eigenvalue weighted by atomic mass is 10.2. The number of oxazole rings is 1. The molecule has 0 saturated heterocycles. The molecular formula is C9H8BrNO2. The standard InChI is InChI=1S/C9H8BrNO2/c1-5-6(10)3-4-7-8(5)13-9(12)11(7)2/h3-4H,1-2H3. The molecule has 4 heteroatoms. The Hall–Kier alpha value is -1.03. The first-order valence-corrected chi connectivity index (χ1v) is 4.65. The molecule has 0 fully saturated rings. The number of benzene rings is 1. The van der Waals surface area contributed by atoms with Gasteiger partial charge in [-0.2, -0.15) is 0 Å². The molecule has 0 spiro atoms. The third-order valence-corrected chi connectivity index (χ3v) is 3.00. The van der Waals surface area contributed by atoms with E-state index in [2.05, 4.69) is 15.9 Å². The van der Waals surface area contributed by atoms with E-state index in [-0.39, 0.29) is 5.76 Å². The first-order chi connectivity index (χ1) is 6.11. The third kappa shape index (κ3) is 1.13. The molecule has 0 aliphatic rings. The first-order valence-electron chi connectivity index (χ1n) is 3.86. The molecule has 2 aromatic rings. The number of fused-ring (bicyclic) bond motifs is 1. The number of hydrogen-bond acceptors (Lipinski definition) is 2. The van der Waals surface area contributed by atoms with Crippen LogP contribution < -0.4 is 5.76 Å². The summed E-state index contributed by atoms with van der Waals surface area (Å²) in [7, 11) is 1.70. The maximum Gasteiger partial charge on any atom is 0.419 e. The average molecular weight is 242 g/mol. The predicted octanol–water partition coefficient (Wildman–Crippen LogP) is 2.20. The normalized spacial score (nSPS) is 11.0. The second-order valence-electron chi connectivity index (χ2n) is 2.95. The van der Waals surface area contributed by atoms with E-state index in [4.69, 9.17) is 4.42 Å². The van der Waals surface area contributed by atoms with Gasteiger partial charge in [-0.15, -0.1) is 0 Å². The molecule has 3 nitrogen and oxygen atoms in total. The summed E-state index contributed by atoms with van der Waals surface area (Å²) in [5, 5.41) is 0. The number of nitrogens with zero attached hydrogens (tertiary/aromatic N) is 1. The van der Waals surface area contributed by atoms with Gasteiger partial charge in [0, 0.05) is 17.1 Å². The summed E-state index contributed by atoms with van der Waals surface area (Å²) < 4.78 is 7.54. The largest absolute Gasteiger partial charge is 0.419 e. The van der Waals surface area contributed by atoms with E-state index in [0.717, 1.165) is 15.6 Å². The minimum absolute atomic E-state index is 0.323. The highest BCUT2D eigenvalue weighted by Gasteiger charge is 2.09. The summed E-state index contributed by atoms with van der Waals surface area (Å²) in [6, 6.07) is 3.77. The van der Waals surface area contributed by atoms with Gasteiger partial charge in [-0.3, -0.25) is 4.57 Å². The molecule has 0 amide bonds. The lowest BCUT2D eigenvalue weighted by Gasteiger charge is -1.97. The number of hydrogen-bond donors (Lipinski definition) is 0. The van der Waals surface area contributed by atoms with Gasteiger partial charge in [0.1, 0.15) is 0 Å². The molecule has 68 valence electrons. The van der Waals surface area contributed by atoms with Crippen LogP contribution in [0.25, 0.3) is 11.1 Å². The summed E-state index contributed by atoms with van der Waals surface area (Å²) in [6.45, 7) is 1.91. The van der Waals surface area contributed by atoms with Crippen molar-refractivity contribution >= 4 is 27.0 Å². The molecule has 13 heavy (non-hydrogen) atoms. The Balaban J connectivity index is 3.03. The van der Waals surface area contributed by atoms with Gasteiger partial charge in [0.25, 0.3) is 0 Å². The van der Waals surface area contributed by atoms with Gasteiger partial charge in [-0.25, -0.2) is 4.79 Å². The number of aryl methyl sites for hydroxylation is 2. The van der Waals surface area contributed by atoms with Crippen molar-refractivity contribution in [3.63, 3.8) is 0 Å². The lowest BCUT2D eigenvalue weighted by molar-refractivity contribution is 0.526. The molecule has 0 unspecified atom stereocenters. The van der Waals surface area contributed by atoms with E-state index in [1.54, 1.807) is 7.05 Å². The quantitative estimate of drug-likeness (QED) is 0.709. The molecule has 1 aromatic carbocycles. The van der Waals surface area contributed by atoms with Gasteiger partial charge < -0.3 is 4.42 Å². The summed E-state index contributed by atoms with van der Waals surface area (Å²) in [4.78, 5) is 11.2. The maximum atomic E-state index is 11.2. The van der Waals surface area contributed by atoms with Gasteiger partial charge >= 0.3 is 5.76 Å². The van der Waals surface area contributed by atoms with Crippen LogP contribution in [0.2, 0.25) is 0 Å². The van der Waals surface area contributed by atoms with Crippen LogP contribution in [0.4, 0.5) is 0 Å². The van der Waals surface area contributed by atoms with E-state index < -0.39 is 0 Å². The van der Waals surface area contributed by atoms with Crippen molar-refractivity contribution in [3.8, 4) is 0 Å². The second-order valence-corrected chi connectivity index (χ2v) is 3.80. The van der Waals surface area contributed by atoms with Crippen molar-refractivity contribution in [2.24, 2.45) is 7.05 Å². The van der Waals surface area contributed by atoms with Crippen LogP contribution in [0.3, 0.4) is 0 Å². The van der Waals surface area contributed by atoms with Crippen LogP contribution in [-0.4, -0.2) is 4.57 Å². The van der Waals surface area contributed by atoms with Gasteiger partial charge in [0.15, 0.2) is 5.58 Å². The topological polar surface area (TPSA) is 35.1 Å². The molecule has 0 aliphatic carbocycles. The summed E-state index contributed by atoms with van der Waals surface area (Å²) in [5.74, 6) is -0.323. The highest BCUT2D eigenvalue weighted by atomic mass is 79.9. The van der Waals surface area contributed by atoms with Crippen LogP contribution in [0.15, 0.2) is 25.8 Å². The predicted molar refractivity (Wildman–Crippen MR) is 53.9 cm³/mol.